The molecule has 1 aromatic rings. The van der Waals surface area contributed by atoms with Crippen molar-refractivity contribution in [2.24, 2.45) is 0 Å². The van der Waals surface area contributed by atoms with Gasteiger partial charge in [0.15, 0.2) is 0 Å². The number of nitrogens with one attached hydrogen (secondary N) is 1. The fraction of sp³-hybridized carbons (Fsp3) is 0.571. The van der Waals surface area contributed by atoms with Crippen molar-refractivity contribution < 1.29 is 4.74 Å². The molecule has 1 aromatic carbocycles. The summed E-state index contributed by atoms with van der Waals surface area (Å²) in [6.07, 6.45) is 0.236. The van der Waals surface area contributed by atoms with Crippen LogP contribution in [0.2, 0.25) is 0 Å². The average molecular weight is 221 g/mol. The Labute approximate surface area is 99.0 Å². The van der Waals surface area contributed by atoms with E-state index in [9.17, 15) is 0 Å². The molecule has 0 aliphatic heterocycles. The van der Waals surface area contributed by atoms with E-state index >= 15 is 0 Å². The van der Waals surface area contributed by atoms with Gasteiger partial charge in [-0.25, -0.2) is 0 Å². The second-order valence-electron chi connectivity index (χ2n) is 4.60. The Morgan fingerprint density at radius 3 is 2.00 bits per heavy atom. The minimum atomic E-state index is 0.236. The van der Waals surface area contributed by atoms with Gasteiger partial charge in [0.25, 0.3) is 0 Å². The fourth-order valence-corrected chi connectivity index (χ4v) is 1.66. The molecular formula is C14H23NO. The van der Waals surface area contributed by atoms with Crippen LogP contribution in [-0.2, 0) is 0 Å². The van der Waals surface area contributed by atoms with E-state index in [2.05, 4.69) is 31.3 Å². The van der Waals surface area contributed by atoms with Gasteiger partial charge in [0.2, 0.25) is 0 Å². The molecule has 0 radical (unpaired) electrons. The van der Waals surface area contributed by atoms with Gasteiger partial charge in [-0.1, -0.05) is 19.1 Å². The molecule has 0 bridgehead atoms. The highest BCUT2D eigenvalue weighted by Gasteiger charge is 2.12. The van der Waals surface area contributed by atoms with Crippen molar-refractivity contribution >= 4 is 0 Å². The predicted molar refractivity (Wildman–Crippen MR) is 69.1 cm³/mol. The van der Waals surface area contributed by atoms with E-state index in [-0.39, 0.29) is 6.10 Å². The van der Waals surface area contributed by atoms with Gasteiger partial charge in [0.05, 0.1) is 6.10 Å². The lowest BCUT2D eigenvalue weighted by atomic mass is 9.94. The maximum atomic E-state index is 5.62. The van der Waals surface area contributed by atoms with Crippen molar-refractivity contribution in [1.82, 2.24) is 5.32 Å². The fourth-order valence-electron chi connectivity index (χ4n) is 1.66. The Balaban J connectivity index is 2.70. The SMILES string of the molecule is CNC(C)C(C)c1ccc(OC(C)C)cc1. The van der Waals surface area contributed by atoms with Gasteiger partial charge in [0.1, 0.15) is 5.75 Å². The molecule has 2 unspecified atom stereocenters. The maximum Gasteiger partial charge on any atom is 0.119 e. The highest BCUT2D eigenvalue weighted by molar-refractivity contribution is 5.30. The summed E-state index contributed by atoms with van der Waals surface area (Å²) in [6.45, 7) is 8.52. The quantitative estimate of drug-likeness (QED) is 0.824. The van der Waals surface area contributed by atoms with Crippen LogP contribution in [0.15, 0.2) is 24.3 Å². The van der Waals surface area contributed by atoms with Crippen LogP contribution in [0.1, 0.15) is 39.2 Å². The van der Waals surface area contributed by atoms with E-state index in [1.165, 1.54) is 5.56 Å². The smallest absolute Gasteiger partial charge is 0.119 e. The van der Waals surface area contributed by atoms with E-state index in [0.29, 0.717) is 12.0 Å². The highest BCUT2D eigenvalue weighted by atomic mass is 16.5. The van der Waals surface area contributed by atoms with Crippen molar-refractivity contribution in [3.8, 4) is 5.75 Å². The summed E-state index contributed by atoms with van der Waals surface area (Å²) >= 11 is 0. The summed E-state index contributed by atoms with van der Waals surface area (Å²) < 4.78 is 5.62. The number of benzene rings is 1. The Bertz CT molecular complexity index is 305. The van der Waals surface area contributed by atoms with Crippen LogP contribution < -0.4 is 10.1 Å². The molecule has 16 heavy (non-hydrogen) atoms. The van der Waals surface area contributed by atoms with Gasteiger partial charge < -0.3 is 10.1 Å². The lowest BCUT2D eigenvalue weighted by Gasteiger charge is -2.20. The molecule has 1 rings (SSSR count). The van der Waals surface area contributed by atoms with Crippen LogP contribution in [0.4, 0.5) is 0 Å². The Morgan fingerprint density at radius 2 is 1.56 bits per heavy atom. The van der Waals surface area contributed by atoms with E-state index in [1.54, 1.807) is 0 Å². The Morgan fingerprint density at radius 1 is 1.00 bits per heavy atom. The molecule has 2 atom stereocenters. The van der Waals surface area contributed by atoms with E-state index in [4.69, 9.17) is 4.74 Å². The van der Waals surface area contributed by atoms with Crippen molar-refractivity contribution in [1.29, 1.82) is 0 Å². The van der Waals surface area contributed by atoms with Gasteiger partial charge in [-0.2, -0.15) is 0 Å². The molecule has 0 aromatic heterocycles. The van der Waals surface area contributed by atoms with Gasteiger partial charge in [0, 0.05) is 6.04 Å². The molecule has 1 N–H and O–H groups in total. The summed E-state index contributed by atoms with van der Waals surface area (Å²) in [5, 5.41) is 3.28. The molecule has 90 valence electrons. The standard InChI is InChI=1S/C14H23NO/c1-10(2)16-14-8-6-13(7-9-14)11(3)12(4)15-5/h6-12,15H,1-5H3. The predicted octanol–water partition coefficient (Wildman–Crippen LogP) is 3.19. The first-order valence-corrected chi connectivity index (χ1v) is 5.98. The lowest BCUT2D eigenvalue weighted by Crippen LogP contribution is -2.27. The second kappa shape index (κ2) is 5.90. The first kappa shape index (κ1) is 13.0. The highest BCUT2D eigenvalue weighted by Crippen LogP contribution is 2.22. The number of hydrogen-bond acceptors (Lipinski definition) is 2. The van der Waals surface area contributed by atoms with Gasteiger partial charge in [-0.05, 0) is 51.4 Å². The second-order valence-corrected chi connectivity index (χ2v) is 4.60. The lowest BCUT2D eigenvalue weighted by molar-refractivity contribution is 0.242. The van der Waals surface area contributed by atoms with Crippen molar-refractivity contribution in [2.45, 2.75) is 45.8 Å². The summed E-state index contributed by atoms with van der Waals surface area (Å²) in [5.41, 5.74) is 1.35. The zero-order chi connectivity index (χ0) is 12.1. The van der Waals surface area contributed by atoms with Crippen molar-refractivity contribution in [3.63, 3.8) is 0 Å². The molecule has 0 aliphatic rings. The maximum absolute atomic E-state index is 5.62. The zero-order valence-corrected chi connectivity index (χ0v) is 10.9. The summed E-state index contributed by atoms with van der Waals surface area (Å²) in [5.74, 6) is 1.46. The van der Waals surface area contributed by atoms with Crippen LogP contribution in [0.25, 0.3) is 0 Å². The Kier molecular flexibility index (Phi) is 4.81. The van der Waals surface area contributed by atoms with Crippen LogP contribution in [0.5, 0.6) is 5.75 Å². The van der Waals surface area contributed by atoms with Gasteiger partial charge in [-0.15, -0.1) is 0 Å². The first-order chi connectivity index (χ1) is 7.54. The summed E-state index contributed by atoms with van der Waals surface area (Å²) in [6, 6.07) is 8.88. The number of hydrogen-bond donors (Lipinski definition) is 1. The van der Waals surface area contributed by atoms with Crippen LogP contribution in [-0.4, -0.2) is 19.2 Å². The van der Waals surface area contributed by atoms with E-state index in [1.807, 2.05) is 33.0 Å². The third-order valence-corrected chi connectivity index (χ3v) is 2.98. The van der Waals surface area contributed by atoms with E-state index in [0.717, 1.165) is 5.75 Å². The minimum Gasteiger partial charge on any atom is -0.491 e. The first-order valence-electron chi connectivity index (χ1n) is 5.98. The number of likely N-dealkylation sites (N-methyl/N-ethyl adjacent to an activating group) is 1. The van der Waals surface area contributed by atoms with Crippen LogP contribution >= 0.6 is 0 Å². The van der Waals surface area contributed by atoms with Crippen molar-refractivity contribution in [2.75, 3.05) is 7.05 Å². The molecule has 2 nitrogen and oxygen atoms in total. The van der Waals surface area contributed by atoms with Crippen molar-refractivity contribution in [3.05, 3.63) is 29.8 Å². The van der Waals surface area contributed by atoms with E-state index < -0.39 is 0 Å². The summed E-state index contributed by atoms with van der Waals surface area (Å²) in [4.78, 5) is 0. The van der Waals surface area contributed by atoms with Gasteiger partial charge >= 0.3 is 0 Å². The van der Waals surface area contributed by atoms with Gasteiger partial charge in [-0.3, -0.25) is 0 Å². The topological polar surface area (TPSA) is 21.3 Å². The third kappa shape index (κ3) is 3.53. The third-order valence-electron chi connectivity index (χ3n) is 2.98. The van der Waals surface area contributed by atoms with Crippen LogP contribution in [0, 0.1) is 0 Å². The minimum absolute atomic E-state index is 0.236. The molecule has 0 saturated heterocycles. The average Bonchev–Trinajstić information content (AvgIpc) is 2.27. The normalized spacial score (nSPS) is 14.9. The monoisotopic (exact) mass is 221 g/mol. The molecule has 2 heteroatoms. The molecule has 0 saturated carbocycles. The molecule has 0 fully saturated rings. The molecular weight excluding hydrogens is 198 g/mol. The Hall–Kier alpha value is -1.02. The molecule has 0 amide bonds. The molecule has 0 spiro atoms. The molecule has 0 aliphatic carbocycles. The zero-order valence-electron chi connectivity index (χ0n) is 10.9. The summed E-state index contributed by atoms with van der Waals surface area (Å²) in [7, 11) is 2.00. The number of ether oxygens (including phenoxy) is 1. The molecule has 0 heterocycles. The van der Waals surface area contributed by atoms with Crippen LogP contribution in [0.3, 0.4) is 0 Å². The number of rotatable bonds is 5. The largest absolute Gasteiger partial charge is 0.491 e.